The Kier molecular flexibility index (Phi) is 5.41. The first-order valence-electron chi connectivity index (χ1n) is 9.29. The molecule has 0 N–H and O–H groups in total. The number of carbonyl (C=O) groups excluding carboxylic acids is 1. The van der Waals surface area contributed by atoms with E-state index in [1.165, 1.54) is 0 Å². The molecular formula is C18H29N7O. The molecule has 8 nitrogen and oxygen atoms in total. The second-order valence-corrected chi connectivity index (χ2v) is 7.45. The number of hydrogen-bond acceptors (Lipinski definition) is 6. The van der Waals surface area contributed by atoms with E-state index in [-0.39, 0.29) is 18.0 Å². The molecule has 1 amide bonds. The highest BCUT2D eigenvalue weighted by Gasteiger charge is 2.26. The summed E-state index contributed by atoms with van der Waals surface area (Å²) in [6, 6.07) is 0.451. The molecule has 0 saturated carbocycles. The van der Waals surface area contributed by atoms with Crippen molar-refractivity contribution in [3.63, 3.8) is 0 Å². The van der Waals surface area contributed by atoms with Crippen LogP contribution in [0.1, 0.15) is 27.7 Å². The van der Waals surface area contributed by atoms with Gasteiger partial charge < -0.3 is 9.80 Å². The van der Waals surface area contributed by atoms with Crippen molar-refractivity contribution in [3.8, 4) is 0 Å². The molecule has 1 aliphatic heterocycles. The first-order chi connectivity index (χ1) is 12.4. The van der Waals surface area contributed by atoms with Crippen LogP contribution in [-0.4, -0.2) is 80.3 Å². The summed E-state index contributed by atoms with van der Waals surface area (Å²) in [7, 11) is 1.89. The standard InChI is InChI=1S/C18H29N7O/c1-13(2)25(14(3)4)16(26)11-23-6-8-24(9-7-23)18-15-10-21-22(5)17(15)19-12-20-18/h10,12-14H,6-9,11H2,1-5H3. The largest absolute Gasteiger partial charge is 0.353 e. The normalized spacial score (nSPS) is 16.0. The van der Waals surface area contributed by atoms with Crippen molar-refractivity contribution in [1.29, 1.82) is 0 Å². The first kappa shape index (κ1) is 18.6. The van der Waals surface area contributed by atoms with E-state index in [0.717, 1.165) is 43.0 Å². The van der Waals surface area contributed by atoms with Crippen LogP contribution >= 0.6 is 0 Å². The van der Waals surface area contributed by atoms with Gasteiger partial charge in [0, 0.05) is 45.3 Å². The fourth-order valence-corrected chi connectivity index (χ4v) is 3.76. The molecule has 0 aliphatic carbocycles. The SMILES string of the molecule is CC(C)N(C(=O)CN1CCN(c2ncnc3c2cnn3C)CC1)C(C)C. The van der Waals surface area contributed by atoms with Gasteiger partial charge in [0.05, 0.1) is 18.1 Å². The number of anilines is 1. The van der Waals surface area contributed by atoms with Crippen LogP contribution in [0, 0.1) is 0 Å². The number of piperazine rings is 1. The van der Waals surface area contributed by atoms with Gasteiger partial charge in [-0.05, 0) is 27.7 Å². The lowest BCUT2D eigenvalue weighted by Gasteiger charge is -2.37. The quantitative estimate of drug-likeness (QED) is 0.797. The van der Waals surface area contributed by atoms with E-state index in [2.05, 4.69) is 52.6 Å². The lowest BCUT2D eigenvalue weighted by atomic mass is 10.2. The summed E-state index contributed by atoms with van der Waals surface area (Å²) in [6.07, 6.45) is 3.42. The van der Waals surface area contributed by atoms with Crippen molar-refractivity contribution in [2.75, 3.05) is 37.6 Å². The molecule has 1 saturated heterocycles. The van der Waals surface area contributed by atoms with E-state index in [4.69, 9.17) is 0 Å². The van der Waals surface area contributed by atoms with Crippen LogP contribution in [0.4, 0.5) is 5.82 Å². The molecule has 0 bridgehead atoms. The van der Waals surface area contributed by atoms with Crippen molar-refractivity contribution >= 4 is 22.8 Å². The third-order valence-electron chi connectivity index (χ3n) is 4.94. The number of aryl methyl sites for hydroxylation is 1. The number of nitrogens with zero attached hydrogens (tertiary/aromatic N) is 7. The maximum Gasteiger partial charge on any atom is 0.237 e. The summed E-state index contributed by atoms with van der Waals surface area (Å²) >= 11 is 0. The Bertz CT molecular complexity index is 754. The third kappa shape index (κ3) is 3.65. The zero-order valence-electron chi connectivity index (χ0n) is 16.4. The highest BCUT2D eigenvalue weighted by atomic mass is 16.2. The number of aromatic nitrogens is 4. The van der Waals surface area contributed by atoms with E-state index in [9.17, 15) is 4.79 Å². The van der Waals surface area contributed by atoms with Crippen molar-refractivity contribution < 1.29 is 4.79 Å². The number of hydrogen-bond donors (Lipinski definition) is 0. The van der Waals surface area contributed by atoms with E-state index >= 15 is 0 Å². The van der Waals surface area contributed by atoms with Gasteiger partial charge in [-0.15, -0.1) is 0 Å². The van der Waals surface area contributed by atoms with Gasteiger partial charge in [0.1, 0.15) is 12.1 Å². The molecule has 0 spiro atoms. The Hall–Kier alpha value is -2.22. The lowest BCUT2D eigenvalue weighted by Crippen LogP contribution is -2.52. The molecule has 0 radical (unpaired) electrons. The minimum atomic E-state index is 0.208. The molecule has 1 aliphatic rings. The predicted molar refractivity (Wildman–Crippen MR) is 102 cm³/mol. The van der Waals surface area contributed by atoms with Crippen molar-refractivity contribution in [3.05, 3.63) is 12.5 Å². The van der Waals surface area contributed by atoms with Gasteiger partial charge in [0.25, 0.3) is 0 Å². The average Bonchev–Trinajstić information content (AvgIpc) is 2.96. The van der Waals surface area contributed by atoms with Gasteiger partial charge in [0.15, 0.2) is 5.65 Å². The Morgan fingerprint density at radius 3 is 2.38 bits per heavy atom. The maximum absolute atomic E-state index is 12.7. The second kappa shape index (κ2) is 7.57. The van der Waals surface area contributed by atoms with Gasteiger partial charge in [-0.3, -0.25) is 14.4 Å². The van der Waals surface area contributed by atoms with Gasteiger partial charge in [-0.25, -0.2) is 9.97 Å². The Labute approximate surface area is 154 Å². The Balaban J connectivity index is 1.63. The molecule has 0 aromatic carbocycles. The zero-order chi connectivity index (χ0) is 18.8. The number of rotatable bonds is 5. The van der Waals surface area contributed by atoms with Crippen LogP contribution in [-0.2, 0) is 11.8 Å². The molecule has 142 valence electrons. The first-order valence-corrected chi connectivity index (χ1v) is 9.29. The van der Waals surface area contributed by atoms with Crippen LogP contribution in [0.5, 0.6) is 0 Å². The fraction of sp³-hybridized carbons (Fsp3) is 0.667. The molecule has 8 heteroatoms. The van der Waals surface area contributed by atoms with Gasteiger partial charge >= 0.3 is 0 Å². The average molecular weight is 359 g/mol. The minimum Gasteiger partial charge on any atom is -0.353 e. The van der Waals surface area contributed by atoms with E-state index in [1.54, 1.807) is 11.0 Å². The molecule has 3 rings (SSSR count). The van der Waals surface area contributed by atoms with Gasteiger partial charge in [-0.1, -0.05) is 0 Å². The van der Waals surface area contributed by atoms with Crippen molar-refractivity contribution in [2.24, 2.45) is 7.05 Å². The highest BCUT2D eigenvalue weighted by Crippen LogP contribution is 2.23. The molecule has 1 fully saturated rings. The van der Waals surface area contributed by atoms with Crippen LogP contribution in [0.15, 0.2) is 12.5 Å². The van der Waals surface area contributed by atoms with Crippen LogP contribution < -0.4 is 4.90 Å². The van der Waals surface area contributed by atoms with E-state index < -0.39 is 0 Å². The van der Waals surface area contributed by atoms with Crippen molar-refractivity contribution in [1.82, 2.24) is 29.5 Å². The summed E-state index contributed by atoms with van der Waals surface area (Å²) in [5, 5.41) is 5.26. The van der Waals surface area contributed by atoms with Gasteiger partial charge in [-0.2, -0.15) is 5.10 Å². The lowest BCUT2D eigenvalue weighted by molar-refractivity contribution is -0.136. The molecule has 3 heterocycles. The van der Waals surface area contributed by atoms with Crippen molar-refractivity contribution in [2.45, 2.75) is 39.8 Å². The molecule has 26 heavy (non-hydrogen) atoms. The number of carbonyl (C=O) groups is 1. The smallest absolute Gasteiger partial charge is 0.237 e. The van der Waals surface area contributed by atoms with Crippen LogP contribution in [0.2, 0.25) is 0 Å². The summed E-state index contributed by atoms with van der Waals surface area (Å²) in [5.74, 6) is 1.14. The number of fused-ring (bicyclic) bond motifs is 1. The minimum absolute atomic E-state index is 0.208. The van der Waals surface area contributed by atoms with Crippen LogP contribution in [0.3, 0.4) is 0 Å². The fourth-order valence-electron chi connectivity index (χ4n) is 3.76. The molecule has 0 unspecified atom stereocenters. The maximum atomic E-state index is 12.7. The highest BCUT2D eigenvalue weighted by molar-refractivity contribution is 5.86. The Morgan fingerprint density at radius 2 is 1.77 bits per heavy atom. The Morgan fingerprint density at radius 1 is 1.12 bits per heavy atom. The monoisotopic (exact) mass is 359 g/mol. The summed E-state index contributed by atoms with van der Waals surface area (Å²) in [5.41, 5.74) is 0.845. The molecular weight excluding hydrogens is 330 g/mol. The summed E-state index contributed by atoms with van der Waals surface area (Å²) < 4.78 is 1.77. The molecule has 2 aromatic heterocycles. The number of amides is 1. The predicted octanol–water partition coefficient (Wildman–Crippen LogP) is 1.13. The summed E-state index contributed by atoms with van der Waals surface area (Å²) in [6.45, 7) is 12.2. The topological polar surface area (TPSA) is 70.4 Å². The molecule has 0 atom stereocenters. The second-order valence-electron chi connectivity index (χ2n) is 7.45. The zero-order valence-corrected chi connectivity index (χ0v) is 16.4. The van der Waals surface area contributed by atoms with E-state index in [0.29, 0.717) is 6.54 Å². The van der Waals surface area contributed by atoms with Gasteiger partial charge in [0.2, 0.25) is 5.91 Å². The van der Waals surface area contributed by atoms with Crippen LogP contribution in [0.25, 0.3) is 11.0 Å². The molecule has 2 aromatic rings. The third-order valence-corrected chi connectivity index (χ3v) is 4.94. The van der Waals surface area contributed by atoms with E-state index in [1.807, 2.05) is 18.1 Å². The summed E-state index contributed by atoms with van der Waals surface area (Å²) in [4.78, 5) is 27.9.